The molecule has 3 atom stereocenters. The summed E-state index contributed by atoms with van der Waals surface area (Å²) in [6.07, 6.45) is 3.06. The summed E-state index contributed by atoms with van der Waals surface area (Å²) in [6.45, 7) is 10.5. The molecule has 1 aromatic carbocycles. The molecule has 2 saturated heterocycles. The first-order chi connectivity index (χ1) is 15.9. The second kappa shape index (κ2) is 10.5. The van der Waals surface area contributed by atoms with Crippen LogP contribution in [0.3, 0.4) is 0 Å². The maximum atomic E-state index is 12.8. The molecule has 4 rings (SSSR count). The van der Waals surface area contributed by atoms with Crippen molar-refractivity contribution in [3.05, 3.63) is 23.3 Å². The average molecular weight is 460 g/mol. The summed E-state index contributed by atoms with van der Waals surface area (Å²) >= 11 is 0. The molecule has 33 heavy (non-hydrogen) atoms. The summed E-state index contributed by atoms with van der Waals surface area (Å²) in [6, 6.07) is 4.65. The number of fused-ring (bicyclic) bond motifs is 3. The highest BCUT2D eigenvalue weighted by atomic mass is 16.6. The molecule has 0 radical (unpaired) electrons. The number of likely N-dealkylation sites (N-methyl/N-ethyl adjacent to an activating group) is 1. The lowest BCUT2D eigenvalue weighted by molar-refractivity contribution is 0.00301. The first-order valence-electron chi connectivity index (χ1n) is 12.5. The van der Waals surface area contributed by atoms with Gasteiger partial charge < -0.3 is 24.0 Å². The predicted molar refractivity (Wildman–Crippen MR) is 129 cm³/mol. The van der Waals surface area contributed by atoms with Crippen LogP contribution in [-0.4, -0.2) is 87.9 Å². The van der Waals surface area contributed by atoms with E-state index in [1.807, 2.05) is 4.90 Å². The quantitative estimate of drug-likeness (QED) is 0.647. The van der Waals surface area contributed by atoms with Crippen LogP contribution < -0.4 is 9.47 Å². The summed E-state index contributed by atoms with van der Waals surface area (Å²) in [5.74, 6) is 3.13. The van der Waals surface area contributed by atoms with Crippen molar-refractivity contribution in [2.75, 3.05) is 67.1 Å². The molecule has 0 aliphatic carbocycles. The maximum Gasteiger partial charge on any atom is 0.409 e. The van der Waals surface area contributed by atoms with Gasteiger partial charge >= 0.3 is 6.09 Å². The third-order valence-corrected chi connectivity index (χ3v) is 7.73. The molecule has 2 fully saturated rings. The summed E-state index contributed by atoms with van der Waals surface area (Å²) in [7, 11) is 5.49. The number of carbonyl (C=O) groups excluding carboxylic acids is 1. The molecule has 0 bridgehead atoms. The van der Waals surface area contributed by atoms with Crippen molar-refractivity contribution < 1.29 is 19.0 Å². The van der Waals surface area contributed by atoms with Crippen LogP contribution in [-0.2, 0) is 11.2 Å². The summed E-state index contributed by atoms with van der Waals surface area (Å²) < 4.78 is 17.1. The highest BCUT2D eigenvalue weighted by Gasteiger charge is 2.40. The van der Waals surface area contributed by atoms with Crippen molar-refractivity contribution in [2.24, 2.45) is 17.8 Å². The molecule has 184 valence electrons. The van der Waals surface area contributed by atoms with E-state index in [4.69, 9.17) is 14.2 Å². The highest BCUT2D eigenvalue weighted by Crippen LogP contribution is 2.45. The number of hydrogen-bond donors (Lipinski definition) is 0. The molecule has 3 aliphatic rings. The van der Waals surface area contributed by atoms with Gasteiger partial charge in [-0.05, 0) is 67.3 Å². The topological polar surface area (TPSA) is 54.5 Å². The lowest BCUT2D eigenvalue weighted by atomic mass is 9.74. The van der Waals surface area contributed by atoms with Gasteiger partial charge in [-0.3, -0.25) is 4.90 Å². The zero-order valence-electron chi connectivity index (χ0n) is 21.0. The van der Waals surface area contributed by atoms with Crippen LogP contribution in [0.4, 0.5) is 4.79 Å². The fourth-order valence-corrected chi connectivity index (χ4v) is 5.84. The Labute approximate surface area is 198 Å². The van der Waals surface area contributed by atoms with E-state index >= 15 is 0 Å². The smallest absolute Gasteiger partial charge is 0.409 e. The fourth-order valence-electron chi connectivity index (χ4n) is 5.84. The Balaban J connectivity index is 1.49. The van der Waals surface area contributed by atoms with Crippen LogP contribution in [0.5, 0.6) is 11.5 Å². The summed E-state index contributed by atoms with van der Waals surface area (Å²) in [5, 5.41) is 0. The zero-order valence-corrected chi connectivity index (χ0v) is 21.0. The second-order valence-electron chi connectivity index (χ2n) is 10.4. The van der Waals surface area contributed by atoms with Crippen molar-refractivity contribution in [3.63, 3.8) is 0 Å². The standard InChI is InChI=1S/C26H41N3O4/c1-18(2)12-20-16-29-7-6-19-14-24(31-4)25(32-5)15-22(19)23(29)13-21(20)17-33-26(30)28-10-8-27(3)9-11-28/h14-15,18,20-21,23H,6-13,16-17H2,1-5H3. The number of carbonyl (C=O) groups is 1. The van der Waals surface area contributed by atoms with Gasteiger partial charge in [-0.2, -0.15) is 0 Å². The summed E-state index contributed by atoms with van der Waals surface area (Å²) in [5.41, 5.74) is 2.70. The number of piperidine rings is 1. The number of hydrogen-bond acceptors (Lipinski definition) is 6. The van der Waals surface area contributed by atoms with E-state index in [9.17, 15) is 4.79 Å². The van der Waals surface area contributed by atoms with Crippen LogP contribution in [0, 0.1) is 17.8 Å². The summed E-state index contributed by atoms with van der Waals surface area (Å²) in [4.78, 5) is 19.5. The fraction of sp³-hybridized carbons (Fsp3) is 0.731. The van der Waals surface area contributed by atoms with Gasteiger partial charge in [-0.15, -0.1) is 0 Å². The van der Waals surface area contributed by atoms with E-state index in [-0.39, 0.29) is 6.09 Å². The van der Waals surface area contributed by atoms with Crippen molar-refractivity contribution in [2.45, 2.75) is 39.2 Å². The van der Waals surface area contributed by atoms with Crippen molar-refractivity contribution in [1.82, 2.24) is 14.7 Å². The van der Waals surface area contributed by atoms with Gasteiger partial charge in [0.25, 0.3) is 0 Å². The van der Waals surface area contributed by atoms with Crippen LogP contribution >= 0.6 is 0 Å². The average Bonchev–Trinajstić information content (AvgIpc) is 2.81. The highest BCUT2D eigenvalue weighted by molar-refractivity contribution is 5.67. The lowest BCUT2D eigenvalue weighted by Gasteiger charge is -2.47. The largest absolute Gasteiger partial charge is 0.493 e. The Kier molecular flexibility index (Phi) is 7.69. The number of methoxy groups -OCH3 is 2. The van der Waals surface area contributed by atoms with Gasteiger partial charge in [0.05, 0.1) is 20.8 Å². The second-order valence-corrected chi connectivity index (χ2v) is 10.4. The Morgan fingerprint density at radius 1 is 1.03 bits per heavy atom. The van der Waals surface area contributed by atoms with Crippen LogP contribution in [0.15, 0.2) is 12.1 Å². The number of benzene rings is 1. The minimum Gasteiger partial charge on any atom is -0.493 e. The molecule has 7 heteroatoms. The Hall–Kier alpha value is -1.99. The molecule has 0 saturated carbocycles. The van der Waals surface area contributed by atoms with Gasteiger partial charge in [0, 0.05) is 45.3 Å². The molecule has 3 heterocycles. The third kappa shape index (κ3) is 5.40. The zero-order chi connectivity index (χ0) is 23.5. The molecule has 3 unspecified atom stereocenters. The monoisotopic (exact) mass is 459 g/mol. The van der Waals surface area contributed by atoms with Crippen molar-refractivity contribution in [3.8, 4) is 11.5 Å². The van der Waals surface area contributed by atoms with E-state index < -0.39 is 0 Å². The minimum atomic E-state index is -0.149. The number of nitrogens with zero attached hydrogens (tertiary/aromatic N) is 3. The maximum absolute atomic E-state index is 12.8. The lowest BCUT2D eigenvalue weighted by Crippen LogP contribution is -2.49. The molecule has 1 aromatic rings. The van der Waals surface area contributed by atoms with E-state index in [2.05, 4.69) is 42.8 Å². The molecular formula is C26H41N3O4. The SMILES string of the molecule is COc1cc2c(cc1OC)C1CC(COC(=O)N3CCN(C)CC3)C(CC(C)C)CN1CC2. The van der Waals surface area contributed by atoms with Gasteiger partial charge in [0.1, 0.15) is 0 Å². The molecular weight excluding hydrogens is 418 g/mol. The van der Waals surface area contributed by atoms with E-state index in [1.54, 1.807) is 14.2 Å². The van der Waals surface area contributed by atoms with Crippen molar-refractivity contribution in [1.29, 1.82) is 0 Å². The Morgan fingerprint density at radius 2 is 1.73 bits per heavy atom. The molecule has 3 aliphatic heterocycles. The molecule has 0 N–H and O–H groups in total. The van der Waals surface area contributed by atoms with E-state index in [1.165, 1.54) is 17.5 Å². The number of amides is 1. The number of piperazine rings is 1. The first-order valence-corrected chi connectivity index (χ1v) is 12.5. The minimum absolute atomic E-state index is 0.149. The van der Waals surface area contributed by atoms with Crippen molar-refractivity contribution >= 4 is 6.09 Å². The van der Waals surface area contributed by atoms with Crippen LogP contribution in [0.25, 0.3) is 0 Å². The predicted octanol–water partition coefficient (Wildman–Crippen LogP) is 3.67. The number of ether oxygens (including phenoxy) is 3. The van der Waals surface area contributed by atoms with Gasteiger partial charge in [0.2, 0.25) is 0 Å². The molecule has 0 aromatic heterocycles. The van der Waals surface area contributed by atoms with Crippen LogP contribution in [0.2, 0.25) is 0 Å². The van der Waals surface area contributed by atoms with E-state index in [0.29, 0.717) is 30.4 Å². The Bertz CT molecular complexity index is 822. The third-order valence-electron chi connectivity index (χ3n) is 7.73. The van der Waals surface area contributed by atoms with Gasteiger partial charge in [-0.1, -0.05) is 13.8 Å². The van der Waals surface area contributed by atoms with Crippen LogP contribution in [0.1, 0.15) is 43.9 Å². The molecule has 0 spiro atoms. The molecule has 7 nitrogen and oxygen atoms in total. The normalized spacial score (nSPS) is 26.0. The Morgan fingerprint density at radius 3 is 2.39 bits per heavy atom. The van der Waals surface area contributed by atoms with Gasteiger partial charge in [0.15, 0.2) is 11.5 Å². The molecule has 1 amide bonds. The number of rotatable bonds is 6. The van der Waals surface area contributed by atoms with Gasteiger partial charge in [-0.25, -0.2) is 4.79 Å². The first kappa shape index (κ1) is 24.1. The van der Waals surface area contributed by atoms with E-state index in [0.717, 1.165) is 63.6 Å².